The van der Waals surface area contributed by atoms with Crippen molar-refractivity contribution in [3.05, 3.63) is 64.6 Å². The molecule has 0 aliphatic carbocycles. The molecular weight excluding hydrogens is 314 g/mol. The molecule has 0 aliphatic heterocycles. The molecule has 3 heteroatoms. The minimum Gasteiger partial charge on any atom is -0.494 e. The van der Waals surface area contributed by atoms with E-state index in [1.54, 1.807) is 0 Å². The largest absolute Gasteiger partial charge is 0.494 e. The summed E-state index contributed by atoms with van der Waals surface area (Å²) in [5.74, 6) is 1.36. The number of benzene rings is 2. The molecule has 1 unspecified atom stereocenters. The normalized spacial score (nSPS) is 12.1. The summed E-state index contributed by atoms with van der Waals surface area (Å²) < 4.78 is 6.89. The number of ether oxygens (including phenoxy) is 1. The SMILES string of the molecule is NCC(CCOc1ccccc1)Cc1ccccc1Br. The van der Waals surface area contributed by atoms with Crippen molar-refractivity contribution in [3.8, 4) is 5.75 Å². The Bertz CT molecular complexity index is 515. The molecule has 2 rings (SSSR count). The van der Waals surface area contributed by atoms with E-state index in [9.17, 15) is 0 Å². The molecular formula is C17H20BrNO. The number of halogens is 1. The predicted molar refractivity (Wildman–Crippen MR) is 86.9 cm³/mol. The van der Waals surface area contributed by atoms with Crippen molar-refractivity contribution in [2.45, 2.75) is 12.8 Å². The van der Waals surface area contributed by atoms with Gasteiger partial charge >= 0.3 is 0 Å². The van der Waals surface area contributed by atoms with E-state index in [1.165, 1.54) is 5.56 Å². The maximum absolute atomic E-state index is 5.88. The van der Waals surface area contributed by atoms with Gasteiger partial charge in [0.25, 0.3) is 0 Å². The Balaban J connectivity index is 1.82. The minimum atomic E-state index is 0.442. The second-order valence-electron chi connectivity index (χ2n) is 4.85. The first-order chi connectivity index (χ1) is 9.79. The zero-order valence-electron chi connectivity index (χ0n) is 11.5. The van der Waals surface area contributed by atoms with E-state index in [4.69, 9.17) is 10.5 Å². The molecule has 0 amide bonds. The van der Waals surface area contributed by atoms with Gasteiger partial charge < -0.3 is 10.5 Å². The van der Waals surface area contributed by atoms with E-state index in [0.717, 1.165) is 23.1 Å². The second kappa shape index (κ2) is 8.08. The minimum absolute atomic E-state index is 0.442. The first kappa shape index (κ1) is 15.1. The van der Waals surface area contributed by atoms with Crippen LogP contribution < -0.4 is 10.5 Å². The van der Waals surface area contributed by atoms with Crippen molar-refractivity contribution in [2.75, 3.05) is 13.2 Å². The van der Waals surface area contributed by atoms with Crippen LogP contribution in [0, 0.1) is 5.92 Å². The lowest BCUT2D eigenvalue weighted by molar-refractivity contribution is 0.279. The smallest absolute Gasteiger partial charge is 0.119 e. The Labute approximate surface area is 129 Å². The van der Waals surface area contributed by atoms with Gasteiger partial charge in [0.05, 0.1) is 6.61 Å². The third kappa shape index (κ3) is 4.66. The molecule has 0 saturated carbocycles. The topological polar surface area (TPSA) is 35.2 Å². The summed E-state index contributed by atoms with van der Waals surface area (Å²) in [6.45, 7) is 1.38. The van der Waals surface area contributed by atoms with Crippen LogP contribution in [0.3, 0.4) is 0 Å². The van der Waals surface area contributed by atoms with Gasteiger partial charge in [-0.3, -0.25) is 0 Å². The van der Waals surface area contributed by atoms with Crippen LogP contribution in [0.4, 0.5) is 0 Å². The molecule has 2 N–H and O–H groups in total. The number of para-hydroxylation sites is 1. The standard InChI is InChI=1S/C17H20BrNO/c18-17-9-5-4-6-15(17)12-14(13-19)10-11-20-16-7-2-1-3-8-16/h1-9,14H,10-13,19H2. The van der Waals surface area contributed by atoms with Gasteiger partial charge in [-0.15, -0.1) is 0 Å². The Hall–Kier alpha value is -1.32. The number of hydrogen-bond donors (Lipinski definition) is 1. The van der Waals surface area contributed by atoms with Gasteiger partial charge in [0, 0.05) is 4.47 Å². The van der Waals surface area contributed by atoms with E-state index in [1.807, 2.05) is 36.4 Å². The van der Waals surface area contributed by atoms with Crippen molar-refractivity contribution >= 4 is 15.9 Å². The molecule has 0 heterocycles. The molecule has 106 valence electrons. The van der Waals surface area contributed by atoms with Crippen molar-refractivity contribution in [1.29, 1.82) is 0 Å². The number of rotatable bonds is 7. The molecule has 0 spiro atoms. The highest BCUT2D eigenvalue weighted by atomic mass is 79.9. The lowest BCUT2D eigenvalue weighted by Gasteiger charge is -2.16. The van der Waals surface area contributed by atoms with Gasteiger partial charge in [0.15, 0.2) is 0 Å². The molecule has 20 heavy (non-hydrogen) atoms. The first-order valence-electron chi connectivity index (χ1n) is 6.91. The lowest BCUT2D eigenvalue weighted by Crippen LogP contribution is -2.19. The summed E-state index contributed by atoms with van der Waals surface area (Å²) >= 11 is 3.59. The van der Waals surface area contributed by atoms with Crippen LogP contribution in [-0.2, 0) is 6.42 Å². The van der Waals surface area contributed by atoms with E-state index >= 15 is 0 Å². The van der Waals surface area contributed by atoms with Crippen molar-refractivity contribution < 1.29 is 4.74 Å². The van der Waals surface area contributed by atoms with Gasteiger partial charge in [-0.05, 0) is 49.1 Å². The maximum Gasteiger partial charge on any atom is 0.119 e. The Morgan fingerprint density at radius 3 is 2.40 bits per heavy atom. The van der Waals surface area contributed by atoms with E-state index in [0.29, 0.717) is 19.1 Å². The molecule has 0 bridgehead atoms. The molecule has 0 aromatic heterocycles. The van der Waals surface area contributed by atoms with Gasteiger partial charge in [0.2, 0.25) is 0 Å². The van der Waals surface area contributed by atoms with E-state index in [2.05, 4.69) is 34.1 Å². The Morgan fingerprint density at radius 1 is 1.00 bits per heavy atom. The van der Waals surface area contributed by atoms with Crippen LogP contribution >= 0.6 is 15.9 Å². The molecule has 0 fully saturated rings. The Morgan fingerprint density at radius 2 is 1.70 bits per heavy atom. The molecule has 0 saturated heterocycles. The lowest BCUT2D eigenvalue weighted by atomic mass is 9.97. The van der Waals surface area contributed by atoms with Crippen molar-refractivity contribution in [2.24, 2.45) is 11.7 Å². The van der Waals surface area contributed by atoms with Gasteiger partial charge in [-0.1, -0.05) is 52.3 Å². The zero-order valence-corrected chi connectivity index (χ0v) is 13.1. The molecule has 2 nitrogen and oxygen atoms in total. The van der Waals surface area contributed by atoms with Gasteiger partial charge in [0.1, 0.15) is 5.75 Å². The molecule has 2 aromatic carbocycles. The van der Waals surface area contributed by atoms with Crippen LogP contribution in [-0.4, -0.2) is 13.2 Å². The highest BCUT2D eigenvalue weighted by molar-refractivity contribution is 9.10. The summed E-state index contributed by atoms with van der Waals surface area (Å²) in [6.07, 6.45) is 1.95. The third-order valence-corrected chi connectivity index (χ3v) is 4.11. The maximum atomic E-state index is 5.88. The second-order valence-corrected chi connectivity index (χ2v) is 5.70. The highest BCUT2D eigenvalue weighted by Crippen LogP contribution is 2.21. The quantitative estimate of drug-likeness (QED) is 0.829. The molecule has 1 atom stereocenters. The van der Waals surface area contributed by atoms with Crippen LogP contribution in [0.25, 0.3) is 0 Å². The van der Waals surface area contributed by atoms with Gasteiger partial charge in [-0.25, -0.2) is 0 Å². The summed E-state index contributed by atoms with van der Waals surface area (Å²) in [4.78, 5) is 0. The monoisotopic (exact) mass is 333 g/mol. The van der Waals surface area contributed by atoms with Crippen LogP contribution in [0.1, 0.15) is 12.0 Å². The van der Waals surface area contributed by atoms with Crippen LogP contribution in [0.5, 0.6) is 5.75 Å². The highest BCUT2D eigenvalue weighted by Gasteiger charge is 2.10. The average Bonchev–Trinajstić information content (AvgIpc) is 2.49. The Kier molecular flexibility index (Phi) is 6.09. The predicted octanol–water partition coefficient (Wildman–Crippen LogP) is 4.04. The number of nitrogens with two attached hydrogens (primary N) is 1. The number of hydrogen-bond acceptors (Lipinski definition) is 2. The van der Waals surface area contributed by atoms with Crippen molar-refractivity contribution in [3.63, 3.8) is 0 Å². The molecule has 0 aliphatic rings. The summed E-state index contributed by atoms with van der Waals surface area (Å²) in [7, 11) is 0. The fourth-order valence-corrected chi connectivity index (χ4v) is 2.59. The first-order valence-corrected chi connectivity index (χ1v) is 7.70. The summed E-state index contributed by atoms with van der Waals surface area (Å²) in [6, 6.07) is 18.2. The summed E-state index contributed by atoms with van der Waals surface area (Å²) in [5, 5.41) is 0. The van der Waals surface area contributed by atoms with Crippen LogP contribution in [0.2, 0.25) is 0 Å². The summed E-state index contributed by atoms with van der Waals surface area (Å²) in [5.41, 5.74) is 7.19. The van der Waals surface area contributed by atoms with Crippen molar-refractivity contribution in [1.82, 2.24) is 0 Å². The average molecular weight is 334 g/mol. The van der Waals surface area contributed by atoms with Crippen LogP contribution in [0.15, 0.2) is 59.1 Å². The fourth-order valence-electron chi connectivity index (χ4n) is 2.14. The van der Waals surface area contributed by atoms with E-state index < -0.39 is 0 Å². The molecule has 0 radical (unpaired) electrons. The third-order valence-electron chi connectivity index (χ3n) is 3.34. The fraction of sp³-hybridized carbons (Fsp3) is 0.294. The van der Waals surface area contributed by atoms with Gasteiger partial charge in [-0.2, -0.15) is 0 Å². The zero-order chi connectivity index (χ0) is 14.2. The molecule has 2 aromatic rings. The van der Waals surface area contributed by atoms with E-state index in [-0.39, 0.29) is 0 Å².